The second kappa shape index (κ2) is 8.30. The Balaban J connectivity index is 1.43. The molecule has 5 nitrogen and oxygen atoms in total. The van der Waals surface area contributed by atoms with Crippen LogP contribution in [0, 0.1) is 0 Å². The van der Waals surface area contributed by atoms with Crippen molar-refractivity contribution >= 4 is 44.6 Å². The average molecular weight is 445 g/mol. The molecule has 0 saturated heterocycles. The number of fused-ring (bicyclic) bond motifs is 1. The van der Waals surface area contributed by atoms with Gasteiger partial charge in [0.2, 0.25) is 10.0 Å². The van der Waals surface area contributed by atoms with Crippen LogP contribution in [-0.4, -0.2) is 37.2 Å². The van der Waals surface area contributed by atoms with Gasteiger partial charge in [-0.1, -0.05) is 42.1 Å². The summed E-state index contributed by atoms with van der Waals surface area (Å²) >= 11 is 2.97. The third-order valence-corrected chi connectivity index (χ3v) is 8.64. The number of anilines is 1. The molecule has 29 heavy (non-hydrogen) atoms. The number of thiazole rings is 1. The molecule has 0 atom stereocenters. The van der Waals surface area contributed by atoms with Crippen molar-refractivity contribution < 1.29 is 13.2 Å². The maximum absolute atomic E-state index is 12.7. The minimum Gasteiger partial charge on any atom is -0.293 e. The second-order valence-corrected chi connectivity index (χ2v) is 10.9. The van der Waals surface area contributed by atoms with E-state index in [0.717, 1.165) is 21.2 Å². The molecule has 3 aromatic rings. The smallest absolute Gasteiger partial charge is 0.234 e. The number of Topliss-reactive ketones (excluding diaryl/α,β-unsaturated/α-hetero) is 1. The van der Waals surface area contributed by atoms with Crippen LogP contribution < -0.4 is 4.31 Å². The largest absolute Gasteiger partial charge is 0.293 e. The fraction of sp³-hybridized carbons (Fsp3) is 0.238. The molecule has 0 amide bonds. The first-order valence-electron chi connectivity index (χ1n) is 9.28. The third-order valence-electron chi connectivity index (χ3n) is 4.83. The lowest BCUT2D eigenvalue weighted by Gasteiger charge is -2.18. The van der Waals surface area contributed by atoms with Crippen molar-refractivity contribution in [2.45, 2.75) is 17.7 Å². The minimum atomic E-state index is -3.27. The van der Waals surface area contributed by atoms with Gasteiger partial charge < -0.3 is 0 Å². The Morgan fingerprint density at radius 1 is 1.21 bits per heavy atom. The summed E-state index contributed by atoms with van der Waals surface area (Å²) in [4.78, 5) is 17.3. The Morgan fingerprint density at radius 2 is 2.00 bits per heavy atom. The van der Waals surface area contributed by atoms with Crippen molar-refractivity contribution in [3.8, 4) is 11.3 Å². The van der Waals surface area contributed by atoms with Gasteiger partial charge in [0.1, 0.15) is 0 Å². The quantitative estimate of drug-likeness (QED) is 0.397. The molecule has 0 radical (unpaired) electrons. The predicted molar refractivity (Wildman–Crippen MR) is 120 cm³/mol. The number of carbonyl (C=O) groups excluding carboxylic acids is 1. The van der Waals surface area contributed by atoms with E-state index < -0.39 is 10.0 Å². The molecule has 0 saturated carbocycles. The highest BCUT2D eigenvalue weighted by atomic mass is 32.2. The molecule has 2 heterocycles. The van der Waals surface area contributed by atoms with Gasteiger partial charge in [0, 0.05) is 23.1 Å². The number of benzene rings is 2. The molecule has 1 aromatic heterocycles. The average Bonchev–Trinajstić information content (AvgIpc) is 3.39. The summed E-state index contributed by atoms with van der Waals surface area (Å²) in [5, 5.41) is 2.00. The molecular weight excluding hydrogens is 424 g/mol. The van der Waals surface area contributed by atoms with E-state index in [2.05, 4.69) is 4.98 Å². The molecule has 2 aromatic carbocycles. The van der Waals surface area contributed by atoms with Crippen LogP contribution in [0.15, 0.2) is 58.3 Å². The Labute approximate surface area is 178 Å². The van der Waals surface area contributed by atoms with Crippen LogP contribution in [0.1, 0.15) is 22.8 Å². The van der Waals surface area contributed by atoms with Crippen molar-refractivity contribution in [2.24, 2.45) is 0 Å². The van der Waals surface area contributed by atoms with Gasteiger partial charge in [-0.3, -0.25) is 9.10 Å². The van der Waals surface area contributed by atoms with E-state index in [1.54, 1.807) is 19.1 Å². The molecule has 0 unspecified atom stereocenters. The van der Waals surface area contributed by atoms with Crippen molar-refractivity contribution in [3.63, 3.8) is 0 Å². The molecule has 0 bridgehead atoms. The van der Waals surface area contributed by atoms with Crippen LogP contribution in [0.25, 0.3) is 11.3 Å². The highest BCUT2D eigenvalue weighted by Gasteiger charge is 2.28. The molecule has 0 N–H and O–H groups in total. The van der Waals surface area contributed by atoms with Crippen LogP contribution >= 0.6 is 23.1 Å². The van der Waals surface area contributed by atoms with Crippen molar-refractivity contribution in [1.82, 2.24) is 4.98 Å². The number of rotatable bonds is 7. The third kappa shape index (κ3) is 4.24. The fourth-order valence-corrected chi connectivity index (χ4v) is 6.15. The summed E-state index contributed by atoms with van der Waals surface area (Å²) in [6.45, 7) is 2.09. The lowest BCUT2D eigenvalue weighted by Crippen LogP contribution is -2.30. The molecule has 0 spiro atoms. The lowest BCUT2D eigenvalue weighted by atomic mass is 10.1. The van der Waals surface area contributed by atoms with E-state index in [1.807, 2.05) is 41.8 Å². The zero-order chi connectivity index (χ0) is 20.4. The number of hydrogen-bond acceptors (Lipinski definition) is 6. The second-order valence-electron chi connectivity index (χ2n) is 6.64. The van der Waals surface area contributed by atoms with E-state index in [1.165, 1.54) is 27.4 Å². The topological polar surface area (TPSA) is 67.3 Å². The van der Waals surface area contributed by atoms with Crippen molar-refractivity contribution in [1.29, 1.82) is 0 Å². The molecule has 1 aliphatic rings. The molecule has 8 heteroatoms. The Hall–Kier alpha value is -2.16. The Morgan fingerprint density at radius 3 is 2.76 bits per heavy atom. The van der Waals surface area contributed by atoms with Crippen molar-refractivity contribution in [3.05, 3.63) is 65.0 Å². The normalized spacial score (nSPS) is 13.5. The van der Waals surface area contributed by atoms with Crippen LogP contribution in [0.5, 0.6) is 0 Å². The Kier molecular flexibility index (Phi) is 5.76. The first-order chi connectivity index (χ1) is 14.0. The highest BCUT2D eigenvalue weighted by Crippen LogP contribution is 2.32. The fourth-order valence-electron chi connectivity index (χ4n) is 3.27. The predicted octanol–water partition coefficient (Wildman–Crippen LogP) is 4.50. The first kappa shape index (κ1) is 20.1. The van der Waals surface area contributed by atoms with Gasteiger partial charge in [-0.25, -0.2) is 13.4 Å². The molecule has 1 aliphatic heterocycles. The van der Waals surface area contributed by atoms with Crippen LogP contribution in [0.3, 0.4) is 0 Å². The lowest BCUT2D eigenvalue weighted by molar-refractivity contribution is 0.102. The summed E-state index contributed by atoms with van der Waals surface area (Å²) in [6.07, 6.45) is 0.635. The molecule has 0 aliphatic carbocycles. The number of sulfonamides is 1. The van der Waals surface area contributed by atoms with Gasteiger partial charge in [-0.2, -0.15) is 0 Å². The number of ketones is 1. The van der Waals surface area contributed by atoms with Crippen molar-refractivity contribution in [2.75, 3.05) is 22.4 Å². The van der Waals surface area contributed by atoms with Gasteiger partial charge in [0.25, 0.3) is 0 Å². The van der Waals surface area contributed by atoms with Crippen LogP contribution in [-0.2, 0) is 16.4 Å². The zero-order valence-electron chi connectivity index (χ0n) is 15.9. The highest BCUT2D eigenvalue weighted by molar-refractivity contribution is 8.01. The summed E-state index contributed by atoms with van der Waals surface area (Å²) in [5.41, 5.74) is 4.21. The standard InChI is InChI=1S/C21H20N2O3S3/c1-2-29(25,26)23-11-10-16-12-17(8-9-19(16)23)20(24)14-28-21-22-18(13-27-21)15-6-4-3-5-7-15/h3-9,12-13H,2,10-11,14H2,1H3. The van der Waals surface area contributed by atoms with E-state index in [4.69, 9.17) is 0 Å². The number of carbonyl (C=O) groups is 1. The minimum absolute atomic E-state index is 0.0195. The Bertz CT molecular complexity index is 1140. The van der Waals surface area contributed by atoms with Crippen LogP contribution in [0.4, 0.5) is 5.69 Å². The van der Waals surface area contributed by atoms with E-state index >= 15 is 0 Å². The summed E-state index contributed by atoms with van der Waals surface area (Å²) < 4.78 is 26.7. The summed E-state index contributed by atoms with van der Waals surface area (Å²) in [5.74, 6) is 0.395. The number of thioether (sulfide) groups is 1. The van der Waals surface area contributed by atoms with Gasteiger partial charge in [0.05, 0.1) is 22.9 Å². The maximum atomic E-state index is 12.7. The molecule has 150 valence electrons. The maximum Gasteiger partial charge on any atom is 0.234 e. The molecule has 0 fully saturated rings. The number of hydrogen-bond donors (Lipinski definition) is 0. The van der Waals surface area contributed by atoms with E-state index in [0.29, 0.717) is 30.0 Å². The summed E-state index contributed by atoms with van der Waals surface area (Å²) in [7, 11) is -3.27. The molecular formula is C21H20N2O3S3. The van der Waals surface area contributed by atoms with Crippen LogP contribution in [0.2, 0.25) is 0 Å². The van der Waals surface area contributed by atoms with Gasteiger partial charge >= 0.3 is 0 Å². The SMILES string of the molecule is CCS(=O)(=O)N1CCc2cc(C(=O)CSc3nc(-c4ccccc4)cs3)ccc21. The summed E-state index contributed by atoms with van der Waals surface area (Å²) in [6, 6.07) is 15.3. The number of aromatic nitrogens is 1. The van der Waals surface area contributed by atoms with Gasteiger partial charge in [-0.15, -0.1) is 11.3 Å². The monoisotopic (exact) mass is 444 g/mol. The number of nitrogens with zero attached hydrogens (tertiary/aromatic N) is 2. The first-order valence-corrected chi connectivity index (χ1v) is 12.8. The van der Waals surface area contributed by atoms with Gasteiger partial charge in [0.15, 0.2) is 10.1 Å². The van der Waals surface area contributed by atoms with E-state index in [9.17, 15) is 13.2 Å². The van der Waals surface area contributed by atoms with E-state index in [-0.39, 0.29) is 11.5 Å². The molecule has 4 rings (SSSR count). The van der Waals surface area contributed by atoms with Gasteiger partial charge in [-0.05, 0) is 37.1 Å². The zero-order valence-corrected chi connectivity index (χ0v) is 18.3.